The van der Waals surface area contributed by atoms with Crippen LogP contribution in [0.3, 0.4) is 0 Å². The van der Waals surface area contributed by atoms with E-state index in [9.17, 15) is 0 Å². The fraction of sp³-hybridized carbons (Fsp3) is 0.0172. The van der Waals surface area contributed by atoms with Gasteiger partial charge in [0.1, 0.15) is 0 Å². The van der Waals surface area contributed by atoms with Crippen molar-refractivity contribution in [2.45, 2.75) is 5.41 Å². The van der Waals surface area contributed by atoms with Crippen LogP contribution < -0.4 is 0 Å². The molecule has 2 aliphatic carbocycles. The normalized spacial score (nSPS) is 14.5. The largest absolute Gasteiger partial charge is 0.208 e. The van der Waals surface area contributed by atoms with Gasteiger partial charge in [-0.3, -0.25) is 0 Å². The van der Waals surface area contributed by atoms with E-state index >= 15 is 0 Å². The minimum atomic E-state index is -0.452. The predicted molar refractivity (Wildman–Crippen MR) is 256 cm³/mol. The minimum Gasteiger partial charge on any atom is -0.208 e. The Balaban J connectivity index is 0.936. The van der Waals surface area contributed by atoms with E-state index in [0.29, 0.717) is 17.5 Å². The topological polar surface area (TPSA) is 38.7 Å². The molecule has 288 valence electrons. The molecule has 0 radical (unpaired) electrons. The molecule has 0 fully saturated rings. The van der Waals surface area contributed by atoms with Crippen molar-refractivity contribution in [3.05, 3.63) is 235 Å². The van der Waals surface area contributed by atoms with Gasteiger partial charge in [0.25, 0.3) is 0 Å². The maximum atomic E-state index is 5.13. The van der Waals surface area contributed by atoms with Gasteiger partial charge in [0.05, 0.1) is 5.41 Å². The fourth-order valence-corrected chi connectivity index (χ4v) is 11.3. The van der Waals surface area contributed by atoms with Crippen LogP contribution in [0.1, 0.15) is 22.3 Å². The van der Waals surface area contributed by atoms with Gasteiger partial charge in [-0.2, -0.15) is 0 Å². The number of fused-ring (bicyclic) bond motifs is 13. The van der Waals surface area contributed by atoms with Crippen LogP contribution in [-0.2, 0) is 5.41 Å². The molecular weight excluding hydrogens is 771 g/mol. The summed E-state index contributed by atoms with van der Waals surface area (Å²) in [5.74, 6) is 1.96. The van der Waals surface area contributed by atoms with E-state index in [4.69, 9.17) is 15.0 Å². The summed E-state index contributed by atoms with van der Waals surface area (Å²) >= 11 is 1.80. The van der Waals surface area contributed by atoms with Gasteiger partial charge in [0.15, 0.2) is 17.5 Å². The molecule has 1 atom stereocenters. The Kier molecular flexibility index (Phi) is 7.69. The monoisotopic (exact) mass is 805 g/mol. The number of thiophene rings is 1. The third kappa shape index (κ3) is 5.20. The van der Waals surface area contributed by atoms with E-state index in [-0.39, 0.29) is 0 Å². The summed E-state index contributed by atoms with van der Waals surface area (Å²) in [7, 11) is 0. The first-order valence-corrected chi connectivity index (χ1v) is 21.9. The highest BCUT2D eigenvalue weighted by atomic mass is 32.1. The van der Waals surface area contributed by atoms with E-state index < -0.39 is 5.41 Å². The highest BCUT2D eigenvalue weighted by Gasteiger charge is 2.51. The Morgan fingerprint density at radius 2 is 0.694 bits per heavy atom. The van der Waals surface area contributed by atoms with Gasteiger partial charge in [0.2, 0.25) is 0 Å². The number of benzene rings is 9. The summed E-state index contributed by atoms with van der Waals surface area (Å²) in [4.78, 5) is 15.3. The van der Waals surface area contributed by atoms with E-state index in [2.05, 4.69) is 194 Å². The molecule has 11 aromatic rings. The molecule has 0 N–H and O–H groups in total. The molecule has 62 heavy (non-hydrogen) atoms. The highest BCUT2D eigenvalue weighted by molar-refractivity contribution is 7.25. The van der Waals surface area contributed by atoms with Gasteiger partial charge in [-0.15, -0.1) is 11.3 Å². The van der Waals surface area contributed by atoms with E-state index in [0.717, 1.165) is 22.3 Å². The summed E-state index contributed by atoms with van der Waals surface area (Å²) in [6.45, 7) is 0. The lowest BCUT2D eigenvalue weighted by molar-refractivity contribution is 0.794. The van der Waals surface area contributed by atoms with Crippen LogP contribution in [0, 0.1) is 0 Å². The SMILES string of the molecule is c1ccc(-c2ccc3c(c2)C2(c4ccccc4-3)c3ccccc3-c3ccc(-c4ccc(-c5nc(-c6ccccc6)nc(-c6ccc7c(c6)sc6ccccc67)n5)cc4)cc32)cc1. The van der Waals surface area contributed by atoms with Crippen LogP contribution >= 0.6 is 11.3 Å². The van der Waals surface area contributed by atoms with Gasteiger partial charge in [-0.1, -0.05) is 188 Å². The lowest BCUT2D eigenvalue weighted by Crippen LogP contribution is -2.26. The van der Waals surface area contributed by atoms with Crippen molar-refractivity contribution in [2.24, 2.45) is 0 Å². The summed E-state index contributed by atoms with van der Waals surface area (Å²) in [6, 6.07) is 77.0. The average molecular weight is 806 g/mol. The van der Waals surface area contributed by atoms with Crippen LogP contribution in [0.5, 0.6) is 0 Å². The first kappa shape index (κ1) is 35.0. The van der Waals surface area contributed by atoms with Crippen molar-refractivity contribution in [2.75, 3.05) is 0 Å². The maximum Gasteiger partial charge on any atom is 0.164 e. The van der Waals surface area contributed by atoms with E-state index in [1.807, 2.05) is 18.2 Å². The smallest absolute Gasteiger partial charge is 0.164 e. The van der Waals surface area contributed by atoms with Gasteiger partial charge in [0, 0.05) is 36.9 Å². The zero-order valence-electron chi connectivity index (χ0n) is 33.5. The quantitative estimate of drug-likeness (QED) is 0.174. The molecule has 13 rings (SSSR count). The standard InChI is InChI=1S/C58H35N3S/c1-3-13-36(14-4-1)40-27-30-45-43-17-7-10-20-49(43)58(51(45)33-40)50-21-11-8-18-44(50)46-31-28-41(34-52(46)58)37-23-25-39(26-24-37)56-59-55(38-15-5-2-6-16-38)60-57(61-56)42-29-32-48-47-19-9-12-22-53(47)62-54(48)35-42/h1-35H. The van der Waals surface area contributed by atoms with Gasteiger partial charge in [-0.05, 0) is 91.0 Å². The van der Waals surface area contributed by atoms with Crippen LogP contribution in [0.15, 0.2) is 212 Å². The average Bonchev–Trinajstić information content (AvgIpc) is 3.98. The third-order valence-corrected chi connectivity index (χ3v) is 14.1. The Labute approximate surface area is 363 Å². The van der Waals surface area contributed by atoms with Crippen LogP contribution in [0.4, 0.5) is 0 Å². The first-order chi connectivity index (χ1) is 30.7. The number of hydrogen-bond acceptors (Lipinski definition) is 4. The summed E-state index contributed by atoms with van der Waals surface area (Å²) < 4.78 is 2.50. The molecule has 0 amide bonds. The molecule has 0 saturated heterocycles. The Hall–Kier alpha value is -7.79. The van der Waals surface area contributed by atoms with Gasteiger partial charge in [-0.25, -0.2) is 15.0 Å². The molecule has 2 heterocycles. The van der Waals surface area contributed by atoms with E-state index in [1.165, 1.54) is 81.4 Å². The molecule has 0 bridgehead atoms. The lowest BCUT2D eigenvalue weighted by Gasteiger charge is -2.31. The van der Waals surface area contributed by atoms with Crippen molar-refractivity contribution in [3.63, 3.8) is 0 Å². The number of hydrogen-bond donors (Lipinski definition) is 0. The van der Waals surface area contributed by atoms with Crippen LogP contribution in [-0.4, -0.2) is 15.0 Å². The molecule has 1 spiro atoms. The predicted octanol–water partition coefficient (Wildman–Crippen LogP) is 14.9. The maximum absolute atomic E-state index is 5.13. The molecule has 1 unspecified atom stereocenters. The van der Waals surface area contributed by atoms with Crippen molar-refractivity contribution in [3.8, 4) is 78.7 Å². The second-order valence-electron chi connectivity index (χ2n) is 16.3. The number of rotatable bonds is 5. The molecule has 2 aromatic heterocycles. The van der Waals surface area contributed by atoms with Crippen LogP contribution in [0.2, 0.25) is 0 Å². The Morgan fingerprint density at radius 3 is 1.32 bits per heavy atom. The second kappa shape index (κ2) is 13.6. The summed E-state index contributed by atoms with van der Waals surface area (Å²) in [5.41, 5.74) is 17.7. The fourth-order valence-electron chi connectivity index (χ4n) is 10.2. The third-order valence-electron chi connectivity index (χ3n) is 13.0. The number of aromatic nitrogens is 3. The Morgan fingerprint density at radius 1 is 0.274 bits per heavy atom. The zero-order valence-corrected chi connectivity index (χ0v) is 34.3. The summed E-state index contributed by atoms with van der Waals surface area (Å²) in [6.07, 6.45) is 0. The summed E-state index contributed by atoms with van der Waals surface area (Å²) in [5, 5.41) is 2.53. The minimum absolute atomic E-state index is 0.452. The molecule has 9 aromatic carbocycles. The van der Waals surface area contributed by atoms with Crippen LogP contribution in [0.25, 0.3) is 98.8 Å². The van der Waals surface area contributed by atoms with Gasteiger partial charge < -0.3 is 0 Å². The molecule has 0 aliphatic heterocycles. The molecular formula is C58H35N3S. The molecule has 4 heteroatoms. The first-order valence-electron chi connectivity index (χ1n) is 21.1. The molecule has 2 aliphatic rings. The molecule has 0 saturated carbocycles. The Bertz CT molecular complexity index is 3560. The highest BCUT2D eigenvalue weighted by Crippen LogP contribution is 2.63. The zero-order chi connectivity index (χ0) is 40.8. The van der Waals surface area contributed by atoms with Crippen molar-refractivity contribution in [1.82, 2.24) is 15.0 Å². The van der Waals surface area contributed by atoms with Crippen molar-refractivity contribution < 1.29 is 0 Å². The molecule has 3 nitrogen and oxygen atoms in total. The second-order valence-corrected chi connectivity index (χ2v) is 17.4. The van der Waals surface area contributed by atoms with E-state index in [1.54, 1.807) is 11.3 Å². The van der Waals surface area contributed by atoms with Crippen molar-refractivity contribution in [1.29, 1.82) is 0 Å². The number of nitrogens with zero attached hydrogens (tertiary/aromatic N) is 3. The van der Waals surface area contributed by atoms with Crippen molar-refractivity contribution >= 4 is 31.5 Å². The lowest BCUT2D eigenvalue weighted by atomic mass is 9.70. The van der Waals surface area contributed by atoms with Gasteiger partial charge >= 0.3 is 0 Å².